The average molecular weight is 186 g/mol. The van der Waals surface area contributed by atoms with E-state index in [1.165, 1.54) is 32.4 Å². The van der Waals surface area contributed by atoms with Crippen molar-refractivity contribution in [2.24, 2.45) is 0 Å². The van der Waals surface area contributed by atoms with Gasteiger partial charge in [-0.2, -0.15) is 0 Å². The molecule has 13 heavy (non-hydrogen) atoms. The topological polar surface area (TPSA) is 24.5 Å². The molecule has 0 aliphatic carbocycles. The van der Waals surface area contributed by atoms with Crippen LogP contribution >= 0.6 is 0 Å². The summed E-state index contributed by atoms with van der Waals surface area (Å²) >= 11 is 0. The Balaban J connectivity index is 1.86. The minimum atomic E-state index is 0.837. The number of rotatable bonds is 6. The highest BCUT2D eigenvalue weighted by Crippen LogP contribution is 2.05. The van der Waals surface area contributed by atoms with Gasteiger partial charge in [0.05, 0.1) is 0 Å². The zero-order valence-electron chi connectivity index (χ0n) is 8.72. The maximum atomic E-state index is 5.26. The number of piperidine rings is 1. The molecule has 3 nitrogen and oxygen atoms in total. The van der Waals surface area contributed by atoms with Crippen LogP contribution in [0.1, 0.15) is 32.6 Å². The van der Waals surface area contributed by atoms with Gasteiger partial charge in [0.25, 0.3) is 0 Å². The van der Waals surface area contributed by atoms with Gasteiger partial charge in [-0.25, -0.2) is 5.01 Å². The molecule has 0 aromatic heterocycles. The van der Waals surface area contributed by atoms with Crippen molar-refractivity contribution in [3.05, 3.63) is 0 Å². The van der Waals surface area contributed by atoms with Crippen LogP contribution in [-0.2, 0) is 4.74 Å². The Morgan fingerprint density at radius 1 is 1.23 bits per heavy atom. The Kier molecular flexibility index (Phi) is 6.15. The standard InChI is InChI=1S/C10H22N2O/c1-2-13-10-6-7-11-12-8-4-3-5-9-12/h11H,2-10H2,1H3. The molecule has 1 N–H and O–H groups in total. The zero-order chi connectivity index (χ0) is 9.36. The fraction of sp³-hybridized carbons (Fsp3) is 1.00. The zero-order valence-corrected chi connectivity index (χ0v) is 8.72. The number of nitrogens with one attached hydrogen (secondary N) is 1. The van der Waals surface area contributed by atoms with Crippen molar-refractivity contribution in [3.63, 3.8) is 0 Å². The molecule has 1 saturated heterocycles. The van der Waals surface area contributed by atoms with E-state index in [-0.39, 0.29) is 0 Å². The van der Waals surface area contributed by atoms with Gasteiger partial charge in [-0.3, -0.25) is 5.43 Å². The van der Waals surface area contributed by atoms with Gasteiger partial charge in [0, 0.05) is 32.8 Å². The van der Waals surface area contributed by atoms with Crippen molar-refractivity contribution < 1.29 is 4.74 Å². The van der Waals surface area contributed by atoms with E-state index >= 15 is 0 Å². The van der Waals surface area contributed by atoms with Gasteiger partial charge < -0.3 is 4.74 Å². The summed E-state index contributed by atoms with van der Waals surface area (Å²) in [5.41, 5.74) is 3.43. The summed E-state index contributed by atoms with van der Waals surface area (Å²) in [6.07, 6.45) is 5.21. The second-order valence-corrected chi connectivity index (χ2v) is 3.51. The van der Waals surface area contributed by atoms with Crippen molar-refractivity contribution in [1.82, 2.24) is 10.4 Å². The molecule has 1 heterocycles. The number of ether oxygens (including phenoxy) is 1. The minimum absolute atomic E-state index is 0.837. The molecule has 0 saturated carbocycles. The minimum Gasteiger partial charge on any atom is -0.382 e. The van der Waals surface area contributed by atoms with Crippen LogP contribution in [0.5, 0.6) is 0 Å². The van der Waals surface area contributed by atoms with E-state index in [0.717, 1.165) is 26.2 Å². The van der Waals surface area contributed by atoms with Crippen LogP contribution < -0.4 is 5.43 Å². The molecule has 0 unspecified atom stereocenters. The number of nitrogens with zero attached hydrogens (tertiary/aromatic N) is 1. The van der Waals surface area contributed by atoms with Gasteiger partial charge in [0.15, 0.2) is 0 Å². The summed E-state index contributed by atoms with van der Waals surface area (Å²) in [5, 5.41) is 2.34. The van der Waals surface area contributed by atoms with Crippen LogP contribution in [0.15, 0.2) is 0 Å². The van der Waals surface area contributed by atoms with Crippen LogP contribution in [0.4, 0.5) is 0 Å². The number of hydrogen-bond acceptors (Lipinski definition) is 3. The van der Waals surface area contributed by atoms with E-state index in [9.17, 15) is 0 Å². The molecule has 0 atom stereocenters. The van der Waals surface area contributed by atoms with Crippen molar-refractivity contribution in [1.29, 1.82) is 0 Å². The van der Waals surface area contributed by atoms with E-state index in [0.29, 0.717) is 0 Å². The van der Waals surface area contributed by atoms with Gasteiger partial charge in [-0.15, -0.1) is 0 Å². The van der Waals surface area contributed by atoms with Crippen LogP contribution in [0, 0.1) is 0 Å². The average Bonchev–Trinajstić information content (AvgIpc) is 2.19. The van der Waals surface area contributed by atoms with Gasteiger partial charge in [0.2, 0.25) is 0 Å². The van der Waals surface area contributed by atoms with E-state index in [1.54, 1.807) is 0 Å². The fourth-order valence-corrected chi connectivity index (χ4v) is 1.61. The SMILES string of the molecule is CCOCCCNN1CCCCC1. The van der Waals surface area contributed by atoms with Gasteiger partial charge in [0.1, 0.15) is 0 Å². The molecule has 0 aromatic rings. The third-order valence-corrected chi connectivity index (χ3v) is 2.36. The Hall–Kier alpha value is -0.120. The van der Waals surface area contributed by atoms with Gasteiger partial charge in [-0.05, 0) is 26.2 Å². The molecule has 3 heteroatoms. The first kappa shape index (κ1) is 11.0. The third-order valence-electron chi connectivity index (χ3n) is 2.36. The van der Waals surface area contributed by atoms with Gasteiger partial charge >= 0.3 is 0 Å². The molecule has 0 radical (unpaired) electrons. The molecular formula is C10H22N2O. The molecule has 78 valence electrons. The van der Waals surface area contributed by atoms with Crippen LogP contribution in [0.3, 0.4) is 0 Å². The van der Waals surface area contributed by atoms with Crippen LogP contribution in [0.25, 0.3) is 0 Å². The smallest absolute Gasteiger partial charge is 0.0478 e. The second kappa shape index (κ2) is 7.30. The van der Waals surface area contributed by atoms with Crippen molar-refractivity contribution >= 4 is 0 Å². The summed E-state index contributed by atoms with van der Waals surface area (Å²) in [4.78, 5) is 0. The Labute approximate surface area is 81.4 Å². The van der Waals surface area contributed by atoms with E-state index in [1.807, 2.05) is 6.92 Å². The second-order valence-electron chi connectivity index (χ2n) is 3.51. The lowest BCUT2D eigenvalue weighted by molar-refractivity contribution is 0.121. The Morgan fingerprint density at radius 2 is 2.00 bits per heavy atom. The summed E-state index contributed by atoms with van der Waals surface area (Å²) in [6, 6.07) is 0. The molecule has 0 bridgehead atoms. The quantitative estimate of drug-likeness (QED) is 0.635. The third kappa shape index (κ3) is 5.24. The molecule has 0 aromatic carbocycles. The highest BCUT2D eigenvalue weighted by molar-refractivity contribution is 4.60. The molecular weight excluding hydrogens is 164 g/mol. The van der Waals surface area contributed by atoms with Crippen molar-refractivity contribution in [2.45, 2.75) is 32.6 Å². The van der Waals surface area contributed by atoms with Gasteiger partial charge in [-0.1, -0.05) is 6.42 Å². The van der Waals surface area contributed by atoms with Crippen molar-refractivity contribution in [2.75, 3.05) is 32.8 Å². The first-order valence-electron chi connectivity index (χ1n) is 5.49. The Bertz CT molecular complexity index is 113. The predicted octanol–water partition coefficient (Wildman–Crippen LogP) is 1.40. The predicted molar refractivity (Wildman–Crippen MR) is 54.5 cm³/mol. The van der Waals surface area contributed by atoms with E-state index in [2.05, 4.69) is 10.4 Å². The summed E-state index contributed by atoms with van der Waals surface area (Å²) in [5.74, 6) is 0. The largest absolute Gasteiger partial charge is 0.382 e. The van der Waals surface area contributed by atoms with Crippen molar-refractivity contribution in [3.8, 4) is 0 Å². The lowest BCUT2D eigenvalue weighted by Crippen LogP contribution is -2.42. The fourth-order valence-electron chi connectivity index (χ4n) is 1.61. The summed E-state index contributed by atoms with van der Waals surface area (Å²) in [6.45, 7) is 7.25. The maximum absolute atomic E-state index is 5.26. The lowest BCUT2D eigenvalue weighted by Gasteiger charge is -2.27. The highest BCUT2D eigenvalue weighted by atomic mass is 16.5. The molecule has 0 spiro atoms. The first-order chi connectivity index (χ1) is 6.43. The van der Waals surface area contributed by atoms with Crippen LogP contribution in [0.2, 0.25) is 0 Å². The maximum Gasteiger partial charge on any atom is 0.0478 e. The molecule has 1 aliphatic heterocycles. The van der Waals surface area contributed by atoms with E-state index in [4.69, 9.17) is 4.74 Å². The normalized spacial score (nSPS) is 19.2. The van der Waals surface area contributed by atoms with E-state index < -0.39 is 0 Å². The molecule has 0 amide bonds. The molecule has 1 aliphatic rings. The summed E-state index contributed by atoms with van der Waals surface area (Å²) in [7, 11) is 0. The molecule has 1 fully saturated rings. The van der Waals surface area contributed by atoms with Crippen LogP contribution in [-0.4, -0.2) is 37.9 Å². The lowest BCUT2D eigenvalue weighted by atomic mass is 10.2. The Morgan fingerprint density at radius 3 is 2.69 bits per heavy atom. The summed E-state index contributed by atoms with van der Waals surface area (Å²) < 4.78 is 5.26. The molecule has 1 rings (SSSR count). The monoisotopic (exact) mass is 186 g/mol. The first-order valence-corrected chi connectivity index (χ1v) is 5.49. The number of hydrogen-bond donors (Lipinski definition) is 1. The highest BCUT2D eigenvalue weighted by Gasteiger charge is 2.07. The number of hydrazine groups is 1.